The fourth-order valence-electron chi connectivity index (χ4n) is 3.14. The SMILES string of the molecule is COc1ccc(CN(C)CC2CCC(=O)N(C(C)C)C2)cc1. The molecule has 122 valence electrons. The quantitative estimate of drug-likeness (QED) is 0.810. The molecule has 4 heteroatoms. The molecule has 1 aliphatic rings. The highest BCUT2D eigenvalue weighted by molar-refractivity contribution is 5.77. The zero-order valence-corrected chi connectivity index (χ0v) is 14.2. The Morgan fingerprint density at radius 1 is 1.32 bits per heavy atom. The van der Waals surface area contributed by atoms with Crippen molar-refractivity contribution in [2.75, 3.05) is 27.2 Å². The first kappa shape index (κ1) is 16.8. The molecular formula is C18H28N2O2. The van der Waals surface area contributed by atoms with Gasteiger partial charge in [0.2, 0.25) is 5.91 Å². The summed E-state index contributed by atoms with van der Waals surface area (Å²) >= 11 is 0. The number of hydrogen-bond acceptors (Lipinski definition) is 3. The number of ether oxygens (including phenoxy) is 1. The third-order valence-electron chi connectivity index (χ3n) is 4.35. The number of carbonyl (C=O) groups is 1. The second-order valence-electron chi connectivity index (χ2n) is 6.59. The van der Waals surface area contributed by atoms with Gasteiger partial charge in [-0.25, -0.2) is 0 Å². The Hall–Kier alpha value is -1.55. The van der Waals surface area contributed by atoms with E-state index < -0.39 is 0 Å². The summed E-state index contributed by atoms with van der Waals surface area (Å²) < 4.78 is 5.19. The monoisotopic (exact) mass is 304 g/mol. The van der Waals surface area contributed by atoms with E-state index in [0.717, 1.165) is 31.8 Å². The minimum absolute atomic E-state index is 0.308. The average Bonchev–Trinajstić information content (AvgIpc) is 2.49. The number of carbonyl (C=O) groups excluding carboxylic acids is 1. The van der Waals surface area contributed by atoms with Crippen molar-refractivity contribution in [1.29, 1.82) is 0 Å². The van der Waals surface area contributed by atoms with E-state index in [1.54, 1.807) is 7.11 Å². The number of nitrogens with zero attached hydrogens (tertiary/aromatic N) is 2. The first-order chi connectivity index (χ1) is 10.5. The smallest absolute Gasteiger partial charge is 0.222 e. The van der Waals surface area contributed by atoms with E-state index in [4.69, 9.17) is 4.74 Å². The molecule has 0 N–H and O–H groups in total. The molecule has 2 rings (SSSR count). The number of likely N-dealkylation sites (tertiary alicyclic amines) is 1. The molecule has 22 heavy (non-hydrogen) atoms. The topological polar surface area (TPSA) is 32.8 Å². The van der Waals surface area contributed by atoms with Crippen LogP contribution in [0.1, 0.15) is 32.3 Å². The Labute approximate surface area is 134 Å². The molecule has 0 radical (unpaired) electrons. The Bertz CT molecular complexity index is 484. The van der Waals surface area contributed by atoms with Gasteiger partial charge in [0, 0.05) is 32.1 Å². The van der Waals surface area contributed by atoms with Crippen LogP contribution in [0, 0.1) is 5.92 Å². The van der Waals surface area contributed by atoms with Crippen molar-refractivity contribution < 1.29 is 9.53 Å². The van der Waals surface area contributed by atoms with E-state index in [1.807, 2.05) is 17.0 Å². The molecule has 1 atom stereocenters. The minimum atomic E-state index is 0.308. The van der Waals surface area contributed by atoms with Crippen molar-refractivity contribution in [2.45, 2.75) is 39.3 Å². The van der Waals surface area contributed by atoms with Crippen LogP contribution in [-0.4, -0.2) is 49.0 Å². The second kappa shape index (κ2) is 7.63. The highest BCUT2D eigenvalue weighted by Crippen LogP contribution is 2.21. The number of amides is 1. The Morgan fingerprint density at radius 2 is 2.00 bits per heavy atom. The predicted octanol–water partition coefficient (Wildman–Crippen LogP) is 2.77. The molecule has 1 heterocycles. The Kier molecular flexibility index (Phi) is 5.83. The van der Waals surface area contributed by atoms with Crippen molar-refractivity contribution in [2.24, 2.45) is 5.92 Å². The first-order valence-corrected chi connectivity index (χ1v) is 8.10. The van der Waals surface area contributed by atoms with E-state index in [9.17, 15) is 4.79 Å². The molecule has 0 aromatic heterocycles. The number of methoxy groups -OCH3 is 1. The fourth-order valence-corrected chi connectivity index (χ4v) is 3.14. The first-order valence-electron chi connectivity index (χ1n) is 8.10. The summed E-state index contributed by atoms with van der Waals surface area (Å²) in [6.45, 7) is 7.05. The lowest BCUT2D eigenvalue weighted by molar-refractivity contribution is -0.136. The van der Waals surface area contributed by atoms with Gasteiger partial charge in [-0.15, -0.1) is 0 Å². The molecule has 0 spiro atoms. The molecule has 0 bridgehead atoms. The van der Waals surface area contributed by atoms with Gasteiger partial charge in [0.05, 0.1) is 7.11 Å². The van der Waals surface area contributed by atoms with Gasteiger partial charge in [-0.05, 0) is 50.9 Å². The maximum absolute atomic E-state index is 11.9. The van der Waals surface area contributed by atoms with Gasteiger partial charge < -0.3 is 14.5 Å². The fraction of sp³-hybridized carbons (Fsp3) is 0.611. The van der Waals surface area contributed by atoms with Gasteiger partial charge in [0.25, 0.3) is 0 Å². The number of rotatable bonds is 6. The number of benzene rings is 1. The van der Waals surface area contributed by atoms with Gasteiger partial charge in [-0.2, -0.15) is 0 Å². The van der Waals surface area contributed by atoms with Crippen LogP contribution in [0.4, 0.5) is 0 Å². The lowest BCUT2D eigenvalue weighted by Crippen LogP contribution is -2.46. The molecule has 1 aromatic rings. The Morgan fingerprint density at radius 3 is 2.59 bits per heavy atom. The molecule has 4 nitrogen and oxygen atoms in total. The minimum Gasteiger partial charge on any atom is -0.497 e. The third-order valence-corrected chi connectivity index (χ3v) is 4.35. The van der Waals surface area contributed by atoms with Gasteiger partial charge in [0.15, 0.2) is 0 Å². The molecule has 1 saturated heterocycles. The standard InChI is InChI=1S/C18H28N2O2/c1-14(2)20-13-16(7-10-18(20)21)12-19(3)11-15-5-8-17(22-4)9-6-15/h5-6,8-9,14,16H,7,10-13H2,1-4H3. The average molecular weight is 304 g/mol. The summed E-state index contributed by atoms with van der Waals surface area (Å²) in [6, 6.07) is 8.54. The normalized spacial score (nSPS) is 19.1. The van der Waals surface area contributed by atoms with Crippen molar-refractivity contribution in [1.82, 2.24) is 9.80 Å². The van der Waals surface area contributed by atoms with E-state index >= 15 is 0 Å². The highest BCUT2D eigenvalue weighted by atomic mass is 16.5. The summed E-state index contributed by atoms with van der Waals surface area (Å²) in [5.74, 6) is 1.78. The maximum atomic E-state index is 11.9. The van der Waals surface area contributed by atoms with Crippen LogP contribution in [0.15, 0.2) is 24.3 Å². The van der Waals surface area contributed by atoms with Crippen LogP contribution in [0.2, 0.25) is 0 Å². The molecule has 1 aromatic carbocycles. The number of piperidine rings is 1. The van der Waals surface area contributed by atoms with E-state index in [0.29, 0.717) is 24.3 Å². The molecular weight excluding hydrogens is 276 g/mol. The lowest BCUT2D eigenvalue weighted by Gasteiger charge is -2.37. The van der Waals surface area contributed by atoms with Crippen molar-refractivity contribution in [3.63, 3.8) is 0 Å². The van der Waals surface area contributed by atoms with Crippen LogP contribution >= 0.6 is 0 Å². The zero-order chi connectivity index (χ0) is 16.1. The van der Waals surface area contributed by atoms with Gasteiger partial charge in [-0.3, -0.25) is 4.79 Å². The highest BCUT2D eigenvalue weighted by Gasteiger charge is 2.27. The summed E-state index contributed by atoms with van der Waals surface area (Å²) in [4.78, 5) is 16.3. The molecule has 1 amide bonds. The van der Waals surface area contributed by atoms with Gasteiger partial charge in [0.1, 0.15) is 5.75 Å². The molecule has 1 unspecified atom stereocenters. The zero-order valence-electron chi connectivity index (χ0n) is 14.2. The van der Waals surface area contributed by atoms with Crippen LogP contribution in [0.5, 0.6) is 5.75 Å². The van der Waals surface area contributed by atoms with Crippen molar-refractivity contribution >= 4 is 5.91 Å². The van der Waals surface area contributed by atoms with E-state index in [-0.39, 0.29) is 0 Å². The summed E-state index contributed by atoms with van der Waals surface area (Å²) in [5, 5.41) is 0. The molecule has 0 aliphatic carbocycles. The lowest BCUT2D eigenvalue weighted by atomic mass is 9.96. The largest absolute Gasteiger partial charge is 0.497 e. The predicted molar refractivity (Wildman–Crippen MR) is 88.9 cm³/mol. The van der Waals surface area contributed by atoms with Crippen LogP contribution in [-0.2, 0) is 11.3 Å². The summed E-state index contributed by atoms with van der Waals surface area (Å²) in [5.41, 5.74) is 1.29. The van der Waals surface area contributed by atoms with Gasteiger partial charge in [-0.1, -0.05) is 12.1 Å². The van der Waals surface area contributed by atoms with E-state index in [1.165, 1.54) is 5.56 Å². The van der Waals surface area contributed by atoms with E-state index in [2.05, 4.69) is 37.9 Å². The maximum Gasteiger partial charge on any atom is 0.222 e. The Balaban J connectivity index is 1.85. The van der Waals surface area contributed by atoms with Gasteiger partial charge >= 0.3 is 0 Å². The van der Waals surface area contributed by atoms with Crippen LogP contribution in [0.3, 0.4) is 0 Å². The molecule has 1 aliphatic heterocycles. The summed E-state index contributed by atoms with van der Waals surface area (Å²) in [6.07, 6.45) is 1.70. The van der Waals surface area contributed by atoms with Crippen molar-refractivity contribution in [3.8, 4) is 5.75 Å². The van der Waals surface area contributed by atoms with Crippen LogP contribution in [0.25, 0.3) is 0 Å². The second-order valence-corrected chi connectivity index (χ2v) is 6.59. The third kappa shape index (κ3) is 4.47. The van der Waals surface area contributed by atoms with Crippen molar-refractivity contribution in [3.05, 3.63) is 29.8 Å². The van der Waals surface area contributed by atoms with Crippen LogP contribution < -0.4 is 4.74 Å². The summed E-state index contributed by atoms with van der Waals surface area (Å²) in [7, 11) is 3.84. The number of hydrogen-bond donors (Lipinski definition) is 0. The molecule has 0 saturated carbocycles. The molecule has 1 fully saturated rings.